The van der Waals surface area contributed by atoms with E-state index in [1.165, 1.54) is 30.3 Å². The molecule has 2 N–H and O–H groups in total. The van der Waals surface area contributed by atoms with E-state index in [1.807, 2.05) is 0 Å². The lowest BCUT2D eigenvalue weighted by molar-refractivity contribution is -0.137. The summed E-state index contributed by atoms with van der Waals surface area (Å²) < 4.78 is 18.5. The first-order valence-corrected chi connectivity index (χ1v) is 8.85. The minimum Gasteiger partial charge on any atom is -0.492 e. The molecular weight excluding hydrogens is 389 g/mol. The third-order valence-electron chi connectivity index (χ3n) is 4.85. The summed E-state index contributed by atoms with van der Waals surface area (Å²) in [4.78, 5) is 39.2. The van der Waals surface area contributed by atoms with Gasteiger partial charge in [0, 0.05) is 10.6 Å². The van der Waals surface area contributed by atoms with E-state index >= 15 is 0 Å². The van der Waals surface area contributed by atoms with Crippen LogP contribution in [0.4, 0.5) is 14.9 Å². The van der Waals surface area contributed by atoms with Crippen molar-refractivity contribution in [2.75, 3.05) is 18.5 Å². The lowest BCUT2D eigenvalue weighted by Crippen LogP contribution is -2.53. The predicted octanol–water partition coefficient (Wildman–Crippen LogP) is 2.57. The van der Waals surface area contributed by atoms with Gasteiger partial charge in [0.1, 0.15) is 18.2 Å². The first kappa shape index (κ1) is 18.2. The molecule has 4 rings (SSSR count). The Morgan fingerprint density at radius 1 is 1.11 bits per heavy atom. The number of halogens is 2. The number of ether oxygens (including phenoxy) is 1. The molecule has 0 aromatic heterocycles. The molecule has 2 aliphatic heterocycles. The van der Waals surface area contributed by atoms with E-state index in [2.05, 4.69) is 10.6 Å². The van der Waals surface area contributed by atoms with Crippen molar-refractivity contribution in [3.05, 3.63) is 58.4 Å². The number of amides is 4. The minimum absolute atomic E-state index is 0.00373. The Kier molecular flexibility index (Phi) is 4.23. The van der Waals surface area contributed by atoms with Gasteiger partial charge in [-0.1, -0.05) is 11.6 Å². The van der Waals surface area contributed by atoms with Crippen molar-refractivity contribution in [2.24, 2.45) is 0 Å². The number of fused-ring (bicyclic) bond motifs is 2. The molecule has 7 nitrogen and oxygen atoms in total. The number of carbonyl (C=O) groups excluding carboxylic acids is 3. The number of carbonyl (C=O) groups is 3. The molecule has 0 aliphatic carbocycles. The van der Waals surface area contributed by atoms with E-state index in [9.17, 15) is 18.8 Å². The highest BCUT2D eigenvalue weighted by atomic mass is 35.5. The number of nitrogens with one attached hydrogen (secondary N) is 2. The fourth-order valence-electron chi connectivity index (χ4n) is 3.60. The molecule has 1 saturated heterocycles. The molecule has 0 radical (unpaired) electrons. The first-order chi connectivity index (χ1) is 13.3. The van der Waals surface area contributed by atoms with Gasteiger partial charge in [0.15, 0.2) is 0 Å². The zero-order valence-electron chi connectivity index (χ0n) is 14.7. The Morgan fingerprint density at radius 3 is 2.50 bits per heavy atom. The van der Waals surface area contributed by atoms with Crippen molar-refractivity contribution in [3.63, 3.8) is 0 Å². The zero-order valence-corrected chi connectivity index (χ0v) is 15.5. The average Bonchev–Trinajstić information content (AvgIpc) is 3.07. The van der Waals surface area contributed by atoms with Gasteiger partial charge in [0.2, 0.25) is 5.54 Å². The van der Waals surface area contributed by atoms with Crippen LogP contribution in [0.5, 0.6) is 5.75 Å². The second-order valence-electron chi connectivity index (χ2n) is 6.52. The van der Waals surface area contributed by atoms with Crippen LogP contribution in [-0.2, 0) is 15.1 Å². The third-order valence-corrected chi connectivity index (χ3v) is 5.07. The minimum atomic E-state index is -1.84. The lowest BCUT2D eigenvalue weighted by Gasteiger charge is -2.29. The summed E-state index contributed by atoms with van der Waals surface area (Å²) in [5.41, 5.74) is -0.368. The standard InChI is InChI=1S/C19H15ClFN3O4/c1-10-8-11(20)9-14-15(10)22-16(25)19(14)17(26)23-18(27)24(19)6-7-28-13-4-2-12(21)3-5-13/h2-5,8-9H,6-7H2,1H3,(H,22,25)(H,23,26,27)/t19-/m1/s1. The highest BCUT2D eigenvalue weighted by molar-refractivity contribution is 6.32. The zero-order chi connectivity index (χ0) is 20.1. The van der Waals surface area contributed by atoms with Crippen molar-refractivity contribution in [3.8, 4) is 5.75 Å². The van der Waals surface area contributed by atoms with Gasteiger partial charge in [0.25, 0.3) is 11.8 Å². The SMILES string of the molecule is Cc1cc(Cl)cc2c1NC(=O)[C@@]21C(=O)NC(=O)N1CCOc1ccc(F)cc1. The number of aryl methyl sites for hydroxylation is 1. The van der Waals surface area contributed by atoms with E-state index in [0.29, 0.717) is 27.6 Å². The van der Waals surface area contributed by atoms with Gasteiger partial charge in [-0.15, -0.1) is 0 Å². The average molecular weight is 404 g/mol. The summed E-state index contributed by atoms with van der Waals surface area (Å²) in [6.07, 6.45) is 0. The number of imide groups is 1. The lowest BCUT2D eigenvalue weighted by atomic mass is 9.89. The van der Waals surface area contributed by atoms with Gasteiger partial charge in [-0.25, -0.2) is 9.18 Å². The highest BCUT2D eigenvalue weighted by Gasteiger charge is 2.63. The fraction of sp³-hybridized carbons (Fsp3) is 0.211. The normalized spacial score (nSPS) is 20.4. The molecule has 1 spiro atoms. The van der Waals surface area contributed by atoms with E-state index < -0.39 is 29.2 Å². The molecule has 2 aromatic rings. The molecule has 144 valence electrons. The molecule has 2 aliphatic rings. The largest absolute Gasteiger partial charge is 0.492 e. The maximum absolute atomic E-state index is 13.0. The van der Waals surface area contributed by atoms with Crippen LogP contribution in [0.2, 0.25) is 5.02 Å². The molecule has 2 aromatic carbocycles. The van der Waals surface area contributed by atoms with Crippen LogP contribution in [-0.4, -0.2) is 35.9 Å². The summed E-state index contributed by atoms with van der Waals surface area (Å²) in [7, 11) is 0. The van der Waals surface area contributed by atoms with E-state index in [0.717, 1.165) is 4.90 Å². The second kappa shape index (κ2) is 6.49. The summed E-state index contributed by atoms with van der Waals surface area (Å²) in [5, 5.41) is 5.24. The molecule has 1 fully saturated rings. The number of urea groups is 1. The molecule has 2 heterocycles. The summed E-state index contributed by atoms with van der Waals surface area (Å²) >= 11 is 6.14. The summed E-state index contributed by atoms with van der Waals surface area (Å²) in [5.74, 6) is -1.37. The maximum atomic E-state index is 13.0. The van der Waals surface area contributed by atoms with Gasteiger partial charge in [-0.05, 0) is 48.9 Å². The Balaban J connectivity index is 1.66. The van der Waals surface area contributed by atoms with E-state index in [-0.39, 0.29) is 13.2 Å². The number of nitrogens with zero attached hydrogens (tertiary/aromatic N) is 1. The highest BCUT2D eigenvalue weighted by Crippen LogP contribution is 2.45. The summed E-state index contributed by atoms with van der Waals surface area (Å²) in [6, 6.07) is 7.85. The van der Waals surface area contributed by atoms with Crippen molar-refractivity contribution in [1.29, 1.82) is 0 Å². The number of hydrogen-bond acceptors (Lipinski definition) is 4. The first-order valence-electron chi connectivity index (χ1n) is 8.47. The number of hydrogen-bond donors (Lipinski definition) is 2. The Hall–Kier alpha value is -3.13. The molecule has 1 atom stereocenters. The van der Waals surface area contributed by atoms with Crippen molar-refractivity contribution in [1.82, 2.24) is 10.2 Å². The van der Waals surface area contributed by atoms with E-state index in [1.54, 1.807) is 13.0 Å². The molecule has 0 bridgehead atoms. The van der Waals surface area contributed by atoms with Crippen LogP contribution in [0.25, 0.3) is 0 Å². The van der Waals surface area contributed by atoms with Gasteiger partial charge in [-0.3, -0.25) is 19.8 Å². The molecular formula is C19H15ClFN3O4. The Morgan fingerprint density at radius 2 is 1.79 bits per heavy atom. The van der Waals surface area contributed by atoms with Crippen LogP contribution in [0.3, 0.4) is 0 Å². The maximum Gasteiger partial charge on any atom is 0.325 e. The van der Waals surface area contributed by atoms with Crippen LogP contribution < -0.4 is 15.4 Å². The second-order valence-corrected chi connectivity index (χ2v) is 6.96. The van der Waals surface area contributed by atoms with Crippen LogP contribution in [0.1, 0.15) is 11.1 Å². The van der Waals surface area contributed by atoms with Crippen LogP contribution >= 0.6 is 11.6 Å². The van der Waals surface area contributed by atoms with E-state index in [4.69, 9.17) is 16.3 Å². The van der Waals surface area contributed by atoms with Crippen molar-refractivity contribution in [2.45, 2.75) is 12.5 Å². The smallest absolute Gasteiger partial charge is 0.325 e. The van der Waals surface area contributed by atoms with Gasteiger partial charge in [-0.2, -0.15) is 0 Å². The number of anilines is 1. The van der Waals surface area contributed by atoms with Crippen molar-refractivity contribution >= 4 is 35.1 Å². The van der Waals surface area contributed by atoms with Crippen LogP contribution in [0.15, 0.2) is 36.4 Å². The third kappa shape index (κ3) is 2.60. The van der Waals surface area contributed by atoms with Crippen molar-refractivity contribution < 1.29 is 23.5 Å². The quantitative estimate of drug-likeness (QED) is 0.606. The van der Waals surface area contributed by atoms with Gasteiger partial charge >= 0.3 is 6.03 Å². The number of rotatable bonds is 4. The topological polar surface area (TPSA) is 87.7 Å². The summed E-state index contributed by atoms with van der Waals surface area (Å²) in [6.45, 7) is 1.70. The monoisotopic (exact) mass is 403 g/mol. The van der Waals surface area contributed by atoms with Gasteiger partial charge < -0.3 is 10.1 Å². The fourth-order valence-corrected chi connectivity index (χ4v) is 3.87. The molecule has 0 unspecified atom stereocenters. The Bertz CT molecular complexity index is 1010. The number of benzene rings is 2. The molecule has 4 amide bonds. The van der Waals surface area contributed by atoms with Crippen LogP contribution in [0, 0.1) is 12.7 Å². The predicted molar refractivity (Wildman–Crippen MR) is 98.6 cm³/mol. The Labute approximate surface area is 164 Å². The molecule has 0 saturated carbocycles. The molecule has 9 heteroatoms. The van der Waals surface area contributed by atoms with Gasteiger partial charge in [0.05, 0.1) is 12.2 Å². The molecule has 28 heavy (non-hydrogen) atoms.